The van der Waals surface area contributed by atoms with Crippen LogP contribution in [0.1, 0.15) is 36.1 Å². The highest BCUT2D eigenvalue weighted by atomic mass is 32.1. The molecule has 6 heteroatoms. The van der Waals surface area contributed by atoms with Crippen molar-refractivity contribution in [2.24, 2.45) is 0 Å². The fraction of sp³-hybridized carbons (Fsp3) is 0.625. The number of thiophene rings is 1. The minimum absolute atomic E-state index is 0.00785. The first-order chi connectivity index (χ1) is 10.7. The van der Waals surface area contributed by atoms with Crippen molar-refractivity contribution in [3.63, 3.8) is 0 Å². The molecule has 2 amide bonds. The smallest absolute Gasteiger partial charge is 0.223 e. The summed E-state index contributed by atoms with van der Waals surface area (Å²) in [6.45, 7) is 3.40. The molecular formula is C16H23N3O2S. The summed E-state index contributed by atoms with van der Waals surface area (Å²) < 4.78 is 0. The molecule has 0 spiro atoms. The van der Waals surface area contributed by atoms with Gasteiger partial charge in [0, 0.05) is 36.9 Å². The minimum Gasteiger partial charge on any atom is -0.353 e. The average Bonchev–Trinajstić information content (AvgIpc) is 3.01. The molecule has 0 saturated carbocycles. The number of carbonyl (C=O) groups is 2. The van der Waals surface area contributed by atoms with E-state index in [1.807, 2.05) is 4.90 Å². The standard InChI is InChI=1S/C16H23N3O2S/c20-15(18-13-3-7-17-8-4-13)1-2-16(21)19-9-5-14-12(11-19)6-10-22-14/h6,10,13,17H,1-5,7-9,11H2,(H,18,20). The maximum atomic E-state index is 12.3. The van der Waals surface area contributed by atoms with Crippen LogP contribution in [0.25, 0.3) is 0 Å². The van der Waals surface area contributed by atoms with E-state index >= 15 is 0 Å². The molecule has 0 unspecified atom stereocenters. The van der Waals surface area contributed by atoms with Crippen LogP contribution in [0.3, 0.4) is 0 Å². The summed E-state index contributed by atoms with van der Waals surface area (Å²) in [7, 11) is 0. The van der Waals surface area contributed by atoms with E-state index in [9.17, 15) is 9.59 Å². The summed E-state index contributed by atoms with van der Waals surface area (Å²) in [6.07, 6.45) is 3.52. The molecular weight excluding hydrogens is 298 g/mol. The number of hydrogen-bond donors (Lipinski definition) is 2. The van der Waals surface area contributed by atoms with E-state index in [0.29, 0.717) is 19.4 Å². The second-order valence-electron chi connectivity index (χ2n) is 6.03. The summed E-state index contributed by atoms with van der Waals surface area (Å²) in [5.74, 6) is 0.103. The number of nitrogens with one attached hydrogen (secondary N) is 2. The van der Waals surface area contributed by atoms with E-state index in [0.717, 1.165) is 38.9 Å². The van der Waals surface area contributed by atoms with E-state index in [1.54, 1.807) is 11.3 Å². The average molecular weight is 321 g/mol. The summed E-state index contributed by atoms with van der Waals surface area (Å²) in [5, 5.41) is 8.40. The van der Waals surface area contributed by atoms with Crippen LogP contribution >= 0.6 is 11.3 Å². The molecule has 1 saturated heterocycles. The van der Waals surface area contributed by atoms with E-state index in [-0.39, 0.29) is 17.9 Å². The first-order valence-electron chi connectivity index (χ1n) is 8.05. The molecule has 0 atom stereocenters. The van der Waals surface area contributed by atoms with Gasteiger partial charge in [0.05, 0.1) is 0 Å². The fourth-order valence-corrected chi connectivity index (χ4v) is 4.00. The number of amides is 2. The molecule has 2 N–H and O–H groups in total. The Labute approximate surface area is 135 Å². The number of piperidine rings is 1. The molecule has 3 heterocycles. The number of hydrogen-bond acceptors (Lipinski definition) is 4. The fourth-order valence-electron chi connectivity index (χ4n) is 3.11. The molecule has 1 aromatic heterocycles. The van der Waals surface area contributed by atoms with Crippen LogP contribution in [0.2, 0.25) is 0 Å². The molecule has 120 valence electrons. The molecule has 22 heavy (non-hydrogen) atoms. The summed E-state index contributed by atoms with van der Waals surface area (Å²) in [5.41, 5.74) is 1.27. The van der Waals surface area contributed by atoms with Gasteiger partial charge in [-0.2, -0.15) is 0 Å². The zero-order valence-electron chi connectivity index (χ0n) is 12.8. The van der Waals surface area contributed by atoms with Crippen LogP contribution in [0, 0.1) is 0 Å². The molecule has 0 radical (unpaired) electrons. The van der Waals surface area contributed by atoms with Gasteiger partial charge in [0.15, 0.2) is 0 Å². The Kier molecular flexibility index (Phi) is 5.10. The molecule has 2 aliphatic heterocycles. The zero-order chi connectivity index (χ0) is 15.4. The predicted octanol–water partition coefficient (Wildman–Crippen LogP) is 1.28. The van der Waals surface area contributed by atoms with E-state index < -0.39 is 0 Å². The molecule has 5 nitrogen and oxygen atoms in total. The molecule has 2 aliphatic rings. The second kappa shape index (κ2) is 7.24. The van der Waals surface area contributed by atoms with Crippen molar-refractivity contribution >= 4 is 23.2 Å². The topological polar surface area (TPSA) is 61.4 Å². The number of fused-ring (bicyclic) bond motifs is 1. The molecule has 0 bridgehead atoms. The van der Waals surface area contributed by atoms with Crippen LogP contribution < -0.4 is 10.6 Å². The van der Waals surface area contributed by atoms with Crippen molar-refractivity contribution in [3.8, 4) is 0 Å². The van der Waals surface area contributed by atoms with Gasteiger partial charge in [-0.1, -0.05) is 0 Å². The number of carbonyl (C=O) groups excluding carboxylic acids is 2. The molecule has 1 aromatic rings. The van der Waals surface area contributed by atoms with Gasteiger partial charge in [-0.05, 0) is 49.4 Å². The Balaban J connectivity index is 1.41. The van der Waals surface area contributed by atoms with Crippen molar-refractivity contribution in [2.45, 2.75) is 44.7 Å². The van der Waals surface area contributed by atoms with Crippen molar-refractivity contribution in [1.29, 1.82) is 0 Å². The Bertz CT molecular complexity index is 537. The lowest BCUT2D eigenvalue weighted by Crippen LogP contribution is -2.43. The van der Waals surface area contributed by atoms with Crippen molar-refractivity contribution in [1.82, 2.24) is 15.5 Å². The summed E-state index contributed by atoms with van der Waals surface area (Å²) in [4.78, 5) is 27.5. The molecule has 3 rings (SSSR count). The van der Waals surface area contributed by atoms with E-state index in [2.05, 4.69) is 22.1 Å². The van der Waals surface area contributed by atoms with Gasteiger partial charge in [-0.3, -0.25) is 9.59 Å². The molecule has 1 fully saturated rings. The van der Waals surface area contributed by atoms with Crippen LogP contribution in [-0.2, 0) is 22.6 Å². The van der Waals surface area contributed by atoms with Crippen LogP contribution in [-0.4, -0.2) is 42.4 Å². The van der Waals surface area contributed by atoms with E-state index in [4.69, 9.17) is 0 Å². The van der Waals surface area contributed by atoms with Crippen LogP contribution in [0.4, 0.5) is 0 Å². The van der Waals surface area contributed by atoms with Crippen molar-refractivity contribution < 1.29 is 9.59 Å². The lowest BCUT2D eigenvalue weighted by atomic mass is 10.1. The largest absolute Gasteiger partial charge is 0.353 e. The Morgan fingerprint density at radius 1 is 1.32 bits per heavy atom. The first-order valence-corrected chi connectivity index (χ1v) is 8.93. The highest BCUT2D eigenvalue weighted by molar-refractivity contribution is 7.10. The summed E-state index contributed by atoms with van der Waals surface area (Å²) in [6, 6.07) is 2.37. The third-order valence-corrected chi connectivity index (χ3v) is 5.45. The van der Waals surface area contributed by atoms with Crippen LogP contribution in [0.15, 0.2) is 11.4 Å². The lowest BCUT2D eigenvalue weighted by Gasteiger charge is -2.27. The lowest BCUT2D eigenvalue weighted by molar-refractivity contribution is -0.134. The van der Waals surface area contributed by atoms with Gasteiger partial charge in [-0.15, -0.1) is 11.3 Å². The number of nitrogens with zero attached hydrogens (tertiary/aromatic N) is 1. The SMILES string of the molecule is O=C(CCC(=O)N1CCc2sccc2C1)NC1CCNCC1. The Morgan fingerprint density at radius 2 is 2.14 bits per heavy atom. The van der Waals surface area contributed by atoms with Gasteiger partial charge < -0.3 is 15.5 Å². The Morgan fingerprint density at radius 3 is 2.95 bits per heavy atom. The quantitative estimate of drug-likeness (QED) is 0.878. The predicted molar refractivity (Wildman–Crippen MR) is 86.7 cm³/mol. The Hall–Kier alpha value is -1.40. The third-order valence-electron chi connectivity index (χ3n) is 4.43. The normalized spacial score (nSPS) is 18.8. The zero-order valence-corrected chi connectivity index (χ0v) is 13.6. The van der Waals surface area contributed by atoms with E-state index in [1.165, 1.54) is 10.4 Å². The molecule has 0 aromatic carbocycles. The van der Waals surface area contributed by atoms with Crippen molar-refractivity contribution in [2.75, 3.05) is 19.6 Å². The maximum Gasteiger partial charge on any atom is 0.223 e. The highest BCUT2D eigenvalue weighted by Crippen LogP contribution is 2.24. The minimum atomic E-state index is 0.00785. The maximum absolute atomic E-state index is 12.3. The van der Waals surface area contributed by atoms with Gasteiger partial charge >= 0.3 is 0 Å². The van der Waals surface area contributed by atoms with Crippen molar-refractivity contribution in [3.05, 3.63) is 21.9 Å². The monoisotopic (exact) mass is 321 g/mol. The van der Waals surface area contributed by atoms with Gasteiger partial charge in [-0.25, -0.2) is 0 Å². The molecule has 0 aliphatic carbocycles. The highest BCUT2D eigenvalue weighted by Gasteiger charge is 2.22. The van der Waals surface area contributed by atoms with Crippen LogP contribution in [0.5, 0.6) is 0 Å². The summed E-state index contributed by atoms with van der Waals surface area (Å²) >= 11 is 1.77. The third kappa shape index (κ3) is 3.87. The second-order valence-corrected chi connectivity index (χ2v) is 7.03. The first kappa shape index (κ1) is 15.5. The van der Waals surface area contributed by atoms with Gasteiger partial charge in [0.25, 0.3) is 0 Å². The van der Waals surface area contributed by atoms with Gasteiger partial charge in [0.1, 0.15) is 0 Å². The number of rotatable bonds is 4. The van der Waals surface area contributed by atoms with Gasteiger partial charge in [0.2, 0.25) is 11.8 Å².